The van der Waals surface area contributed by atoms with E-state index in [4.69, 9.17) is 4.74 Å². The van der Waals surface area contributed by atoms with Gasteiger partial charge in [-0.05, 0) is 19.8 Å². The number of rotatable bonds is 4. The lowest BCUT2D eigenvalue weighted by Crippen LogP contribution is -2.60. The second-order valence-corrected chi connectivity index (χ2v) is 7.11. The quantitative estimate of drug-likeness (QED) is 0.893. The molecule has 2 aliphatic rings. The van der Waals surface area contributed by atoms with Crippen LogP contribution in [0, 0.1) is 5.41 Å². The molecule has 4 heterocycles. The van der Waals surface area contributed by atoms with E-state index in [0.717, 1.165) is 44.7 Å². The molecule has 8 nitrogen and oxygen atoms in total. The molecule has 1 atom stereocenters. The molecule has 2 aromatic heterocycles. The van der Waals surface area contributed by atoms with E-state index in [1.165, 1.54) is 6.33 Å². The number of carbonyl (C=O) groups excluding carboxylic acids is 1. The Bertz CT molecular complexity index is 753. The summed E-state index contributed by atoms with van der Waals surface area (Å²) in [6.45, 7) is 5.20. The van der Waals surface area contributed by atoms with Crippen molar-refractivity contribution in [1.82, 2.24) is 24.8 Å². The first-order valence-corrected chi connectivity index (χ1v) is 8.86. The summed E-state index contributed by atoms with van der Waals surface area (Å²) in [4.78, 5) is 31.0. The Morgan fingerprint density at radius 1 is 1.15 bits per heavy atom. The fourth-order valence-corrected chi connectivity index (χ4v) is 3.53. The van der Waals surface area contributed by atoms with E-state index in [-0.39, 0.29) is 17.4 Å². The summed E-state index contributed by atoms with van der Waals surface area (Å²) < 4.78 is 5.42. The minimum absolute atomic E-state index is 0.00169. The van der Waals surface area contributed by atoms with Crippen LogP contribution in [0.15, 0.2) is 31.1 Å². The van der Waals surface area contributed by atoms with Crippen molar-refractivity contribution in [1.29, 1.82) is 0 Å². The molecule has 4 rings (SSSR count). The van der Waals surface area contributed by atoms with Gasteiger partial charge in [0, 0.05) is 62.1 Å². The number of nitrogens with zero attached hydrogens (tertiary/aromatic N) is 5. The van der Waals surface area contributed by atoms with Gasteiger partial charge in [-0.15, -0.1) is 0 Å². The van der Waals surface area contributed by atoms with Crippen LogP contribution in [0.5, 0.6) is 0 Å². The predicted octanol–water partition coefficient (Wildman–Crippen LogP) is 1.69. The largest absolute Gasteiger partial charge is 0.381 e. The Balaban J connectivity index is 1.35. The number of aromatic nitrogens is 4. The fourth-order valence-electron chi connectivity index (χ4n) is 3.53. The Labute approximate surface area is 152 Å². The molecule has 26 heavy (non-hydrogen) atoms. The number of carbonyl (C=O) groups is 1. The minimum Gasteiger partial charge on any atom is -0.381 e. The average molecular weight is 354 g/mol. The molecule has 136 valence electrons. The van der Waals surface area contributed by atoms with Crippen LogP contribution in [0.4, 0.5) is 5.95 Å². The maximum atomic E-state index is 12.6. The Morgan fingerprint density at radius 2 is 1.81 bits per heavy atom. The molecule has 8 heteroatoms. The van der Waals surface area contributed by atoms with Gasteiger partial charge in [0.2, 0.25) is 5.95 Å². The van der Waals surface area contributed by atoms with Gasteiger partial charge in [0.15, 0.2) is 0 Å². The molecule has 2 aliphatic heterocycles. The number of amides is 1. The average Bonchev–Trinajstić information content (AvgIpc) is 2.67. The monoisotopic (exact) mass is 354 g/mol. The van der Waals surface area contributed by atoms with Crippen molar-refractivity contribution >= 4 is 11.9 Å². The van der Waals surface area contributed by atoms with Gasteiger partial charge in [-0.3, -0.25) is 4.79 Å². The highest BCUT2D eigenvalue weighted by molar-refractivity contribution is 5.94. The van der Waals surface area contributed by atoms with Gasteiger partial charge in [0.1, 0.15) is 6.33 Å². The van der Waals surface area contributed by atoms with Crippen LogP contribution in [0.3, 0.4) is 0 Å². The molecule has 2 aromatic rings. The molecule has 0 aliphatic carbocycles. The number of likely N-dealkylation sites (tertiary alicyclic amines) is 1. The number of ether oxygens (including phenoxy) is 1. The van der Waals surface area contributed by atoms with Gasteiger partial charge >= 0.3 is 0 Å². The maximum absolute atomic E-state index is 12.6. The van der Waals surface area contributed by atoms with E-state index in [1.807, 2.05) is 11.8 Å². The highest BCUT2D eigenvalue weighted by Gasteiger charge is 2.45. The first-order valence-electron chi connectivity index (χ1n) is 8.86. The Morgan fingerprint density at radius 3 is 2.46 bits per heavy atom. The van der Waals surface area contributed by atoms with Crippen molar-refractivity contribution in [2.75, 3.05) is 31.6 Å². The normalized spacial score (nSPS) is 19.7. The lowest BCUT2D eigenvalue weighted by Gasteiger charge is -2.52. The zero-order valence-electron chi connectivity index (χ0n) is 14.8. The molecule has 0 radical (unpaired) electrons. The van der Waals surface area contributed by atoms with Gasteiger partial charge in [-0.1, -0.05) is 0 Å². The fraction of sp³-hybridized carbons (Fsp3) is 0.500. The molecule has 0 aromatic carbocycles. The maximum Gasteiger partial charge on any atom is 0.257 e. The third kappa shape index (κ3) is 3.37. The van der Waals surface area contributed by atoms with Crippen molar-refractivity contribution < 1.29 is 9.53 Å². The summed E-state index contributed by atoms with van der Waals surface area (Å²) in [6, 6.07) is -0.0264. The van der Waals surface area contributed by atoms with E-state index >= 15 is 0 Å². The highest BCUT2D eigenvalue weighted by atomic mass is 16.5. The summed E-state index contributed by atoms with van der Waals surface area (Å²) in [6.07, 6.45) is 10.2. The second kappa shape index (κ2) is 6.95. The van der Waals surface area contributed by atoms with Crippen molar-refractivity contribution in [3.05, 3.63) is 42.2 Å². The summed E-state index contributed by atoms with van der Waals surface area (Å²) >= 11 is 0. The summed E-state index contributed by atoms with van der Waals surface area (Å²) in [5.74, 6) is 0.473. The third-order valence-corrected chi connectivity index (χ3v) is 5.22. The van der Waals surface area contributed by atoms with Crippen molar-refractivity contribution in [3.8, 4) is 0 Å². The number of hydrogen-bond acceptors (Lipinski definition) is 7. The lowest BCUT2D eigenvalue weighted by atomic mass is 9.73. The van der Waals surface area contributed by atoms with Crippen molar-refractivity contribution in [2.45, 2.75) is 25.8 Å². The van der Waals surface area contributed by atoms with Gasteiger partial charge in [-0.25, -0.2) is 19.9 Å². The van der Waals surface area contributed by atoms with E-state index in [2.05, 4.69) is 25.3 Å². The van der Waals surface area contributed by atoms with E-state index in [0.29, 0.717) is 11.5 Å². The zero-order valence-corrected chi connectivity index (χ0v) is 14.8. The van der Waals surface area contributed by atoms with Crippen LogP contribution in [0.2, 0.25) is 0 Å². The topological polar surface area (TPSA) is 93.1 Å². The van der Waals surface area contributed by atoms with Gasteiger partial charge in [0.05, 0.1) is 11.6 Å². The summed E-state index contributed by atoms with van der Waals surface area (Å²) in [5.41, 5.74) is 1.73. The molecular weight excluding hydrogens is 332 g/mol. The van der Waals surface area contributed by atoms with Gasteiger partial charge in [-0.2, -0.15) is 0 Å². The molecule has 0 bridgehead atoms. The van der Waals surface area contributed by atoms with Gasteiger partial charge in [0.25, 0.3) is 5.91 Å². The van der Waals surface area contributed by atoms with Crippen LogP contribution in [-0.2, 0) is 4.74 Å². The van der Waals surface area contributed by atoms with E-state index < -0.39 is 0 Å². The predicted molar refractivity (Wildman–Crippen MR) is 94.5 cm³/mol. The molecule has 1 amide bonds. The van der Waals surface area contributed by atoms with E-state index in [1.54, 1.807) is 24.8 Å². The molecule has 0 saturated carbocycles. The SMILES string of the molecule is C[C@@H](Nc1ncc(C(=O)N2CC3(CCOCC3)C2)cn1)c1cncnc1. The van der Waals surface area contributed by atoms with Crippen LogP contribution >= 0.6 is 0 Å². The van der Waals surface area contributed by atoms with Crippen molar-refractivity contribution in [2.24, 2.45) is 5.41 Å². The highest BCUT2D eigenvalue weighted by Crippen LogP contribution is 2.40. The third-order valence-electron chi connectivity index (χ3n) is 5.22. The zero-order chi connectivity index (χ0) is 18.0. The minimum atomic E-state index is -0.0264. The van der Waals surface area contributed by atoms with Gasteiger partial charge < -0.3 is 15.0 Å². The second-order valence-electron chi connectivity index (χ2n) is 7.11. The van der Waals surface area contributed by atoms with Crippen LogP contribution in [0.25, 0.3) is 0 Å². The Hall–Kier alpha value is -2.61. The smallest absolute Gasteiger partial charge is 0.257 e. The van der Waals surface area contributed by atoms with Crippen molar-refractivity contribution in [3.63, 3.8) is 0 Å². The first-order chi connectivity index (χ1) is 12.7. The molecule has 2 fully saturated rings. The molecule has 1 spiro atoms. The number of anilines is 1. The first kappa shape index (κ1) is 16.8. The summed E-state index contributed by atoms with van der Waals surface area (Å²) in [5, 5.41) is 3.19. The molecule has 1 N–H and O–H groups in total. The van der Waals surface area contributed by atoms with Crippen LogP contribution < -0.4 is 5.32 Å². The number of nitrogens with one attached hydrogen (secondary N) is 1. The Kier molecular flexibility index (Phi) is 4.50. The van der Waals surface area contributed by atoms with E-state index in [9.17, 15) is 4.79 Å². The molecule has 2 saturated heterocycles. The summed E-state index contributed by atoms with van der Waals surface area (Å²) in [7, 11) is 0. The van der Waals surface area contributed by atoms with Crippen LogP contribution in [0.1, 0.15) is 41.7 Å². The lowest BCUT2D eigenvalue weighted by molar-refractivity contribution is -0.0666. The van der Waals surface area contributed by atoms with Crippen LogP contribution in [-0.4, -0.2) is 57.0 Å². The molecular formula is C18H22N6O2. The number of hydrogen-bond donors (Lipinski definition) is 1. The molecule has 0 unspecified atom stereocenters. The standard InChI is InChI=1S/C18H22N6O2/c1-13(14-6-19-12-20-7-14)23-17-21-8-15(9-22-17)16(25)24-10-18(11-24)2-4-26-5-3-18/h6-9,12-13H,2-5,10-11H2,1H3,(H,21,22,23)/t13-/m1/s1.